The number of rotatable bonds is 10. The smallest absolute Gasteiger partial charge is 0.407 e. The molecular weight excluding hydrogens is 416 g/mol. The fourth-order valence-electron chi connectivity index (χ4n) is 3.77. The van der Waals surface area contributed by atoms with Gasteiger partial charge in [-0.15, -0.1) is 12.4 Å². The molecule has 0 aromatic heterocycles. The molecular formula is C24H29ClN2O4. The van der Waals surface area contributed by atoms with Crippen molar-refractivity contribution in [3.63, 3.8) is 0 Å². The molecule has 6 nitrogen and oxygen atoms in total. The van der Waals surface area contributed by atoms with Crippen LogP contribution in [-0.4, -0.2) is 37.9 Å². The molecule has 1 aliphatic carbocycles. The maximum absolute atomic E-state index is 12.5. The van der Waals surface area contributed by atoms with Crippen molar-refractivity contribution in [2.45, 2.75) is 31.2 Å². The summed E-state index contributed by atoms with van der Waals surface area (Å²) in [6.07, 6.45) is 2.76. The molecule has 1 atom stereocenters. The third-order valence-electron chi connectivity index (χ3n) is 5.21. The van der Waals surface area contributed by atoms with Crippen LogP contribution in [0.3, 0.4) is 0 Å². The number of alkyl carbamates (subject to hydrolysis) is 1. The average molecular weight is 445 g/mol. The Hall–Kier alpha value is -2.83. The Morgan fingerprint density at radius 3 is 2.23 bits per heavy atom. The molecule has 1 aliphatic rings. The average Bonchev–Trinajstić information content (AvgIpc) is 3.09. The van der Waals surface area contributed by atoms with Gasteiger partial charge in [-0.25, -0.2) is 9.59 Å². The van der Waals surface area contributed by atoms with Gasteiger partial charge in [-0.2, -0.15) is 0 Å². The SMILES string of the molecule is C=CCOC(=O)[C@@H](CCCCN)NC(=O)OCC1c2ccccc2-c2ccccc21.Cl. The number of ether oxygens (including phenoxy) is 2. The number of halogens is 1. The lowest BCUT2D eigenvalue weighted by molar-refractivity contribution is -0.145. The summed E-state index contributed by atoms with van der Waals surface area (Å²) in [5.41, 5.74) is 10.1. The first-order valence-corrected chi connectivity index (χ1v) is 10.2. The fraction of sp³-hybridized carbons (Fsp3) is 0.333. The largest absolute Gasteiger partial charge is 0.460 e. The van der Waals surface area contributed by atoms with E-state index in [2.05, 4.69) is 36.2 Å². The van der Waals surface area contributed by atoms with Crippen LogP contribution in [0.1, 0.15) is 36.3 Å². The van der Waals surface area contributed by atoms with Crippen LogP contribution in [0.5, 0.6) is 0 Å². The van der Waals surface area contributed by atoms with Gasteiger partial charge in [-0.3, -0.25) is 0 Å². The summed E-state index contributed by atoms with van der Waals surface area (Å²) in [6, 6.07) is 15.5. The highest BCUT2D eigenvalue weighted by Gasteiger charge is 2.29. The molecule has 1 amide bonds. The van der Waals surface area contributed by atoms with E-state index in [9.17, 15) is 9.59 Å². The molecule has 0 unspecified atom stereocenters. The van der Waals surface area contributed by atoms with Gasteiger partial charge in [-0.1, -0.05) is 61.2 Å². The van der Waals surface area contributed by atoms with Crippen LogP contribution < -0.4 is 11.1 Å². The predicted molar refractivity (Wildman–Crippen MR) is 123 cm³/mol. The second-order valence-electron chi connectivity index (χ2n) is 7.23. The van der Waals surface area contributed by atoms with Crippen LogP contribution in [0.4, 0.5) is 4.79 Å². The molecule has 0 saturated carbocycles. The molecule has 0 spiro atoms. The number of carbonyl (C=O) groups is 2. The van der Waals surface area contributed by atoms with Crippen molar-refractivity contribution in [2.24, 2.45) is 5.73 Å². The van der Waals surface area contributed by atoms with Crippen LogP contribution >= 0.6 is 12.4 Å². The van der Waals surface area contributed by atoms with Crippen LogP contribution in [0.2, 0.25) is 0 Å². The van der Waals surface area contributed by atoms with E-state index in [0.717, 1.165) is 28.7 Å². The molecule has 2 aromatic carbocycles. The van der Waals surface area contributed by atoms with Crippen LogP contribution in [-0.2, 0) is 14.3 Å². The number of nitrogens with one attached hydrogen (secondary N) is 1. The van der Waals surface area contributed by atoms with Gasteiger partial charge >= 0.3 is 12.1 Å². The van der Waals surface area contributed by atoms with Crippen molar-refractivity contribution in [1.29, 1.82) is 0 Å². The number of nitrogens with two attached hydrogens (primary N) is 1. The molecule has 0 heterocycles. The Kier molecular flexibility index (Phi) is 9.56. The lowest BCUT2D eigenvalue weighted by atomic mass is 9.98. The highest BCUT2D eigenvalue weighted by Crippen LogP contribution is 2.44. The van der Waals surface area contributed by atoms with E-state index < -0.39 is 18.1 Å². The number of hydrogen-bond donors (Lipinski definition) is 2. The summed E-state index contributed by atoms with van der Waals surface area (Å²) in [7, 11) is 0. The second-order valence-corrected chi connectivity index (χ2v) is 7.23. The summed E-state index contributed by atoms with van der Waals surface area (Å²) in [6.45, 7) is 4.35. The minimum absolute atomic E-state index is 0. The lowest BCUT2D eigenvalue weighted by Crippen LogP contribution is -2.42. The second kappa shape index (κ2) is 12.1. The third-order valence-corrected chi connectivity index (χ3v) is 5.21. The number of fused-ring (bicyclic) bond motifs is 3. The molecule has 7 heteroatoms. The molecule has 3 rings (SSSR count). The standard InChI is InChI=1S/C24H28N2O4.ClH/c1-2-15-29-23(27)22(13-7-8-14-25)26-24(28)30-16-21-19-11-5-3-9-17(19)18-10-4-6-12-20(18)21;/h2-6,9-12,21-22H,1,7-8,13-16,25H2,(H,26,28);1H/t22-;/m1./s1. The normalized spacial score (nSPS) is 12.7. The molecule has 0 aliphatic heterocycles. The van der Waals surface area contributed by atoms with Crippen molar-refractivity contribution >= 4 is 24.5 Å². The monoisotopic (exact) mass is 444 g/mol. The van der Waals surface area contributed by atoms with E-state index in [0.29, 0.717) is 19.4 Å². The zero-order chi connectivity index (χ0) is 21.3. The first-order chi connectivity index (χ1) is 14.7. The fourth-order valence-corrected chi connectivity index (χ4v) is 3.77. The molecule has 2 aromatic rings. The molecule has 3 N–H and O–H groups in total. The van der Waals surface area contributed by atoms with Crippen molar-refractivity contribution in [2.75, 3.05) is 19.8 Å². The number of esters is 1. The summed E-state index contributed by atoms with van der Waals surface area (Å²) in [5, 5.41) is 2.65. The number of amides is 1. The first-order valence-electron chi connectivity index (χ1n) is 10.2. The highest BCUT2D eigenvalue weighted by atomic mass is 35.5. The minimum atomic E-state index is -0.771. The van der Waals surface area contributed by atoms with E-state index in [1.807, 2.05) is 24.3 Å². The molecule has 31 heavy (non-hydrogen) atoms. The molecule has 0 bridgehead atoms. The Morgan fingerprint density at radius 1 is 1.03 bits per heavy atom. The number of unbranched alkanes of at least 4 members (excludes halogenated alkanes) is 1. The Morgan fingerprint density at radius 2 is 1.65 bits per heavy atom. The van der Waals surface area contributed by atoms with Crippen LogP contribution in [0, 0.1) is 0 Å². The maximum Gasteiger partial charge on any atom is 0.407 e. The molecule has 0 saturated heterocycles. The Bertz CT molecular complexity index is 857. The van der Waals surface area contributed by atoms with Gasteiger partial charge in [0.1, 0.15) is 19.3 Å². The van der Waals surface area contributed by atoms with Gasteiger partial charge in [0, 0.05) is 5.92 Å². The topological polar surface area (TPSA) is 90.6 Å². The number of carbonyl (C=O) groups excluding carboxylic acids is 2. The zero-order valence-corrected chi connectivity index (χ0v) is 18.2. The predicted octanol–water partition coefficient (Wildman–Crippen LogP) is 4.17. The quantitative estimate of drug-likeness (QED) is 0.326. The summed E-state index contributed by atoms with van der Waals surface area (Å²) >= 11 is 0. The highest BCUT2D eigenvalue weighted by molar-refractivity contribution is 5.85. The first kappa shape index (κ1) is 24.4. The van der Waals surface area contributed by atoms with Crippen molar-refractivity contribution in [1.82, 2.24) is 5.32 Å². The Labute approximate surface area is 189 Å². The summed E-state index contributed by atoms with van der Waals surface area (Å²) < 4.78 is 10.6. The van der Waals surface area contributed by atoms with Gasteiger partial charge in [0.15, 0.2) is 0 Å². The van der Waals surface area contributed by atoms with Crippen molar-refractivity contribution in [3.8, 4) is 11.1 Å². The van der Waals surface area contributed by atoms with Crippen LogP contribution in [0.25, 0.3) is 11.1 Å². The van der Waals surface area contributed by atoms with E-state index in [4.69, 9.17) is 15.2 Å². The van der Waals surface area contributed by atoms with E-state index in [-0.39, 0.29) is 31.5 Å². The summed E-state index contributed by atoms with van der Waals surface area (Å²) in [4.78, 5) is 24.7. The van der Waals surface area contributed by atoms with Gasteiger partial charge in [0.05, 0.1) is 0 Å². The molecule has 0 radical (unpaired) electrons. The zero-order valence-electron chi connectivity index (χ0n) is 17.4. The van der Waals surface area contributed by atoms with Crippen LogP contribution in [0.15, 0.2) is 61.2 Å². The number of hydrogen-bond acceptors (Lipinski definition) is 5. The minimum Gasteiger partial charge on any atom is -0.460 e. The molecule has 0 fully saturated rings. The summed E-state index contributed by atoms with van der Waals surface area (Å²) in [5.74, 6) is -0.535. The maximum atomic E-state index is 12.5. The van der Waals surface area contributed by atoms with Crippen molar-refractivity contribution in [3.05, 3.63) is 72.3 Å². The van der Waals surface area contributed by atoms with Crippen molar-refractivity contribution < 1.29 is 19.1 Å². The van der Waals surface area contributed by atoms with Gasteiger partial charge < -0.3 is 20.5 Å². The van der Waals surface area contributed by atoms with Gasteiger partial charge in [0.2, 0.25) is 0 Å². The Balaban J connectivity index is 0.00000341. The van der Waals surface area contributed by atoms with E-state index >= 15 is 0 Å². The van der Waals surface area contributed by atoms with Gasteiger partial charge in [0.25, 0.3) is 0 Å². The van der Waals surface area contributed by atoms with E-state index in [1.54, 1.807) is 0 Å². The van der Waals surface area contributed by atoms with E-state index in [1.165, 1.54) is 6.08 Å². The van der Waals surface area contributed by atoms with Gasteiger partial charge in [-0.05, 0) is 48.1 Å². The lowest BCUT2D eigenvalue weighted by Gasteiger charge is -2.19. The molecule has 166 valence electrons. The third kappa shape index (κ3) is 6.09. The number of benzene rings is 2.